The zero-order valence-electron chi connectivity index (χ0n) is 8.82. The zero-order valence-corrected chi connectivity index (χ0v) is 8.82. The topological polar surface area (TPSA) is 41.5 Å². The summed E-state index contributed by atoms with van der Waals surface area (Å²) >= 11 is 0. The summed E-state index contributed by atoms with van der Waals surface area (Å²) in [7, 11) is 0. The number of rotatable bonds is 6. The van der Waals surface area contributed by atoms with Gasteiger partial charge >= 0.3 is 0 Å². The van der Waals surface area contributed by atoms with E-state index in [2.05, 4.69) is 11.2 Å². The average Bonchev–Trinajstić information content (AvgIpc) is 2.28. The Hall–Kier alpha value is -1.57. The van der Waals surface area contributed by atoms with Gasteiger partial charge in [-0.05, 0) is 12.1 Å². The molecule has 1 aromatic rings. The van der Waals surface area contributed by atoms with Gasteiger partial charge in [-0.3, -0.25) is 0 Å². The molecular weight excluding hydrogens is 209 g/mol. The lowest BCUT2D eigenvalue weighted by Gasteiger charge is -2.12. The van der Waals surface area contributed by atoms with Crippen LogP contribution in [0.4, 0.5) is 4.39 Å². The van der Waals surface area contributed by atoms with E-state index in [0.29, 0.717) is 13.1 Å². The molecule has 0 amide bonds. The van der Waals surface area contributed by atoms with Gasteiger partial charge in [0.2, 0.25) is 0 Å². The van der Waals surface area contributed by atoms with E-state index >= 15 is 0 Å². The molecule has 1 aromatic carbocycles. The van der Waals surface area contributed by atoms with E-state index < -0.39 is 11.9 Å². The van der Waals surface area contributed by atoms with Crippen LogP contribution in [0.1, 0.15) is 0 Å². The monoisotopic (exact) mass is 223 g/mol. The van der Waals surface area contributed by atoms with Gasteiger partial charge in [0, 0.05) is 6.54 Å². The van der Waals surface area contributed by atoms with Gasteiger partial charge in [-0.2, -0.15) is 0 Å². The Kier molecular flexibility index (Phi) is 5.34. The Bertz CT molecular complexity index is 362. The zero-order chi connectivity index (χ0) is 11.8. The van der Waals surface area contributed by atoms with E-state index in [1.54, 1.807) is 12.1 Å². The highest BCUT2D eigenvalue weighted by atomic mass is 19.1. The first-order chi connectivity index (χ1) is 7.74. The molecule has 0 aliphatic carbocycles. The highest BCUT2D eigenvalue weighted by Crippen LogP contribution is 2.15. The van der Waals surface area contributed by atoms with Crippen molar-refractivity contribution in [2.75, 3.05) is 19.7 Å². The van der Waals surface area contributed by atoms with Gasteiger partial charge < -0.3 is 15.2 Å². The highest BCUT2D eigenvalue weighted by molar-refractivity contribution is 5.23. The minimum Gasteiger partial charge on any atom is -0.488 e. The summed E-state index contributed by atoms with van der Waals surface area (Å²) in [6.45, 7) is 0.730. The first kappa shape index (κ1) is 12.5. The Morgan fingerprint density at radius 1 is 1.50 bits per heavy atom. The molecule has 2 N–H and O–H groups in total. The van der Waals surface area contributed by atoms with Crippen molar-refractivity contribution < 1.29 is 14.2 Å². The predicted molar refractivity (Wildman–Crippen MR) is 59.6 cm³/mol. The molecule has 0 heterocycles. The molecule has 0 aromatic heterocycles. The van der Waals surface area contributed by atoms with Crippen LogP contribution in [0.25, 0.3) is 0 Å². The number of benzene rings is 1. The third-order valence-electron chi connectivity index (χ3n) is 1.87. The fourth-order valence-electron chi connectivity index (χ4n) is 1.12. The van der Waals surface area contributed by atoms with Crippen molar-refractivity contribution in [2.45, 2.75) is 6.10 Å². The first-order valence-electron chi connectivity index (χ1n) is 4.93. The lowest BCUT2D eigenvalue weighted by Crippen LogP contribution is -2.31. The molecule has 1 atom stereocenters. The fraction of sp³-hybridized carbons (Fsp3) is 0.333. The number of nitrogens with one attached hydrogen (secondary N) is 1. The van der Waals surface area contributed by atoms with Crippen LogP contribution in [0, 0.1) is 18.2 Å². The van der Waals surface area contributed by atoms with Crippen molar-refractivity contribution in [3.63, 3.8) is 0 Å². The number of ether oxygens (including phenoxy) is 1. The van der Waals surface area contributed by atoms with Gasteiger partial charge in [0.05, 0.1) is 6.54 Å². The summed E-state index contributed by atoms with van der Waals surface area (Å²) in [5, 5.41) is 12.3. The number of aliphatic hydroxyl groups excluding tert-OH is 1. The molecule has 0 aliphatic rings. The smallest absolute Gasteiger partial charge is 0.165 e. The van der Waals surface area contributed by atoms with Gasteiger partial charge in [-0.25, -0.2) is 4.39 Å². The summed E-state index contributed by atoms with van der Waals surface area (Å²) in [6.07, 6.45) is 4.31. The molecule has 4 heteroatoms. The van der Waals surface area contributed by atoms with E-state index in [4.69, 9.17) is 11.2 Å². The van der Waals surface area contributed by atoms with Crippen LogP contribution in [-0.4, -0.2) is 30.9 Å². The Labute approximate surface area is 94.2 Å². The summed E-state index contributed by atoms with van der Waals surface area (Å²) in [4.78, 5) is 0. The van der Waals surface area contributed by atoms with Crippen molar-refractivity contribution in [2.24, 2.45) is 0 Å². The van der Waals surface area contributed by atoms with Crippen LogP contribution in [-0.2, 0) is 0 Å². The summed E-state index contributed by atoms with van der Waals surface area (Å²) in [5.74, 6) is 2.08. The van der Waals surface area contributed by atoms with E-state index in [9.17, 15) is 9.50 Å². The molecule has 1 rings (SSSR count). The van der Waals surface area contributed by atoms with Crippen molar-refractivity contribution >= 4 is 0 Å². The van der Waals surface area contributed by atoms with E-state index in [1.807, 2.05) is 0 Å². The molecule has 16 heavy (non-hydrogen) atoms. The lowest BCUT2D eigenvalue weighted by atomic mass is 10.3. The van der Waals surface area contributed by atoms with Crippen LogP contribution < -0.4 is 10.1 Å². The lowest BCUT2D eigenvalue weighted by molar-refractivity contribution is 0.105. The second-order valence-corrected chi connectivity index (χ2v) is 3.23. The van der Waals surface area contributed by atoms with E-state index in [1.165, 1.54) is 12.1 Å². The van der Waals surface area contributed by atoms with Crippen molar-refractivity contribution in [1.82, 2.24) is 5.32 Å². The van der Waals surface area contributed by atoms with E-state index in [0.717, 1.165) is 0 Å². The largest absolute Gasteiger partial charge is 0.488 e. The van der Waals surface area contributed by atoms with Gasteiger partial charge in [0.25, 0.3) is 0 Å². The molecular formula is C12H14FNO2. The quantitative estimate of drug-likeness (QED) is 0.553. The third kappa shape index (κ3) is 4.30. The number of aliphatic hydroxyl groups is 1. The summed E-state index contributed by atoms with van der Waals surface area (Å²) in [5.41, 5.74) is 0. The second kappa shape index (κ2) is 6.83. The number of terminal acetylenes is 1. The molecule has 0 fully saturated rings. The van der Waals surface area contributed by atoms with Crippen molar-refractivity contribution in [3.05, 3.63) is 30.1 Å². The molecule has 0 radical (unpaired) electrons. The molecule has 0 aliphatic heterocycles. The molecule has 0 saturated carbocycles. The molecule has 0 spiro atoms. The maximum atomic E-state index is 13.1. The van der Waals surface area contributed by atoms with Gasteiger partial charge in [-0.15, -0.1) is 6.42 Å². The maximum Gasteiger partial charge on any atom is 0.165 e. The second-order valence-electron chi connectivity index (χ2n) is 3.23. The number of hydrogen-bond donors (Lipinski definition) is 2. The van der Waals surface area contributed by atoms with Crippen LogP contribution >= 0.6 is 0 Å². The van der Waals surface area contributed by atoms with Crippen LogP contribution in [0.3, 0.4) is 0 Å². The van der Waals surface area contributed by atoms with Crippen LogP contribution in [0.5, 0.6) is 5.75 Å². The number of halogens is 1. The Morgan fingerprint density at radius 2 is 2.25 bits per heavy atom. The normalized spacial score (nSPS) is 11.8. The Morgan fingerprint density at radius 3 is 2.94 bits per heavy atom. The maximum absolute atomic E-state index is 13.1. The first-order valence-corrected chi connectivity index (χ1v) is 4.93. The number of para-hydroxylation sites is 1. The molecule has 86 valence electrons. The SMILES string of the molecule is C#CCNCC(O)COc1ccccc1F. The van der Waals surface area contributed by atoms with Crippen LogP contribution in [0.2, 0.25) is 0 Å². The van der Waals surface area contributed by atoms with Gasteiger partial charge in [0.15, 0.2) is 11.6 Å². The average molecular weight is 223 g/mol. The minimum absolute atomic E-state index is 0.0263. The fourth-order valence-corrected chi connectivity index (χ4v) is 1.12. The van der Waals surface area contributed by atoms with Crippen LogP contribution in [0.15, 0.2) is 24.3 Å². The number of hydrogen-bond acceptors (Lipinski definition) is 3. The third-order valence-corrected chi connectivity index (χ3v) is 1.87. The minimum atomic E-state index is -0.715. The van der Waals surface area contributed by atoms with E-state index in [-0.39, 0.29) is 12.4 Å². The molecule has 1 unspecified atom stereocenters. The summed E-state index contributed by atoms with van der Waals surface area (Å²) < 4.78 is 18.2. The van der Waals surface area contributed by atoms with Crippen molar-refractivity contribution in [1.29, 1.82) is 0 Å². The molecule has 0 bridgehead atoms. The van der Waals surface area contributed by atoms with Crippen molar-refractivity contribution in [3.8, 4) is 18.1 Å². The predicted octanol–water partition coefficient (Wildman–Crippen LogP) is 0.788. The molecule has 3 nitrogen and oxygen atoms in total. The summed E-state index contributed by atoms with van der Waals surface area (Å²) in [6, 6.07) is 6.06. The van der Waals surface area contributed by atoms with Gasteiger partial charge in [0.1, 0.15) is 12.7 Å². The van der Waals surface area contributed by atoms with Gasteiger partial charge in [-0.1, -0.05) is 18.1 Å². The Balaban J connectivity index is 2.29. The standard InChI is InChI=1S/C12H14FNO2/c1-2-7-14-8-10(15)9-16-12-6-4-3-5-11(12)13/h1,3-6,10,14-15H,7-9H2. The molecule has 0 saturated heterocycles. The highest BCUT2D eigenvalue weighted by Gasteiger charge is 2.06.